The van der Waals surface area contributed by atoms with E-state index in [1.165, 1.54) is 6.34 Å². The highest BCUT2D eigenvalue weighted by atomic mass is 16.5. The van der Waals surface area contributed by atoms with E-state index in [2.05, 4.69) is 4.99 Å². The third kappa shape index (κ3) is 1.83. The SMILES string of the molecule is Cc1cccc(C)c1N=CNO. The van der Waals surface area contributed by atoms with Crippen molar-refractivity contribution in [3.63, 3.8) is 0 Å². The molecule has 1 rings (SSSR count). The van der Waals surface area contributed by atoms with Crippen LogP contribution >= 0.6 is 0 Å². The number of hydroxylamine groups is 1. The standard InChI is InChI=1S/C9H12N2O/c1-7-4-3-5-8(2)9(7)10-6-11-12/h3-6,12H,1-2H3,(H,10,11). The molecule has 0 amide bonds. The summed E-state index contributed by atoms with van der Waals surface area (Å²) < 4.78 is 0. The minimum Gasteiger partial charge on any atom is -0.290 e. The largest absolute Gasteiger partial charge is 0.290 e. The lowest BCUT2D eigenvalue weighted by atomic mass is 10.1. The van der Waals surface area contributed by atoms with Gasteiger partial charge in [0.15, 0.2) is 0 Å². The first-order valence-corrected chi connectivity index (χ1v) is 3.74. The molecule has 3 nitrogen and oxygen atoms in total. The summed E-state index contributed by atoms with van der Waals surface area (Å²) in [4.78, 5) is 4.04. The third-order valence-electron chi connectivity index (χ3n) is 1.69. The molecular formula is C9H12N2O. The molecule has 12 heavy (non-hydrogen) atoms. The molecule has 1 aromatic carbocycles. The van der Waals surface area contributed by atoms with Crippen molar-refractivity contribution < 1.29 is 5.21 Å². The van der Waals surface area contributed by atoms with Crippen molar-refractivity contribution in [3.05, 3.63) is 29.3 Å². The smallest absolute Gasteiger partial charge is 0.113 e. The van der Waals surface area contributed by atoms with Crippen LogP contribution in [-0.4, -0.2) is 11.5 Å². The molecule has 0 bridgehead atoms. The minimum atomic E-state index is 0.902. The summed E-state index contributed by atoms with van der Waals surface area (Å²) in [5.41, 5.74) is 4.98. The number of rotatable bonds is 2. The van der Waals surface area contributed by atoms with Gasteiger partial charge in [-0.1, -0.05) is 18.2 Å². The number of benzene rings is 1. The number of aliphatic imine (C=N–C) groups is 1. The lowest BCUT2D eigenvalue weighted by molar-refractivity contribution is 0.240. The van der Waals surface area contributed by atoms with Crippen molar-refractivity contribution >= 4 is 12.0 Å². The second kappa shape index (κ2) is 3.88. The summed E-state index contributed by atoms with van der Waals surface area (Å²) in [6.45, 7) is 3.97. The first-order chi connectivity index (χ1) is 5.75. The molecule has 0 aliphatic carbocycles. The molecule has 3 heteroatoms. The van der Waals surface area contributed by atoms with E-state index in [4.69, 9.17) is 5.21 Å². The lowest BCUT2D eigenvalue weighted by Crippen LogP contribution is -2.01. The zero-order valence-corrected chi connectivity index (χ0v) is 7.20. The Hall–Kier alpha value is -1.35. The van der Waals surface area contributed by atoms with Crippen LogP contribution in [0, 0.1) is 13.8 Å². The Labute approximate surface area is 71.7 Å². The molecule has 0 heterocycles. The zero-order valence-electron chi connectivity index (χ0n) is 7.20. The van der Waals surface area contributed by atoms with E-state index in [1.807, 2.05) is 37.5 Å². The van der Waals surface area contributed by atoms with E-state index in [0.717, 1.165) is 16.8 Å². The van der Waals surface area contributed by atoms with E-state index in [9.17, 15) is 0 Å². The fourth-order valence-corrected chi connectivity index (χ4v) is 1.10. The summed E-state index contributed by atoms with van der Waals surface area (Å²) >= 11 is 0. The molecule has 64 valence electrons. The highest BCUT2D eigenvalue weighted by Gasteiger charge is 1.97. The number of nitrogens with zero attached hydrogens (tertiary/aromatic N) is 1. The molecule has 2 N–H and O–H groups in total. The van der Waals surface area contributed by atoms with Crippen LogP contribution in [-0.2, 0) is 0 Å². The maximum absolute atomic E-state index is 8.31. The quantitative estimate of drug-likeness (QED) is 0.398. The second-order valence-electron chi connectivity index (χ2n) is 2.63. The maximum atomic E-state index is 8.31. The molecule has 0 aliphatic rings. The fourth-order valence-electron chi connectivity index (χ4n) is 1.10. The molecule has 0 aromatic heterocycles. The van der Waals surface area contributed by atoms with E-state index in [0.29, 0.717) is 0 Å². The number of para-hydroxylation sites is 1. The van der Waals surface area contributed by atoms with Crippen molar-refractivity contribution in [2.45, 2.75) is 13.8 Å². The van der Waals surface area contributed by atoms with Gasteiger partial charge in [0.25, 0.3) is 0 Å². The number of hydrogen-bond acceptors (Lipinski definition) is 2. The summed E-state index contributed by atoms with van der Waals surface area (Å²) in [5, 5.41) is 8.31. The van der Waals surface area contributed by atoms with Gasteiger partial charge in [-0.15, -0.1) is 0 Å². The Morgan fingerprint density at radius 1 is 1.33 bits per heavy atom. The molecule has 0 spiro atoms. The van der Waals surface area contributed by atoms with E-state index in [1.54, 1.807) is 0 Å². The van der Waals surface area contributed by atoms with Gasteiger partial charge < -0.3 is 0 Å². The summed E-state index contributed by atoms with van der Waals surface area (Å²) in [5.74, 6) is 0. The van der Waals surface area contributed by atoms with Crippen molar-refractivity contribution in [1.82, 2.24) is 5.48 Å². The highest BCUT2D eigenvalue weighted by Crippen LogP contribution is 2.21. The molecule has 1 aromatic rings. The van der Waals surface area contributed by atoms with Gasteiger partial charge in [0, 0.05) is 0 Å². The molecular weight excluding hydrogens is 152 g/mol. The van der Waals surface area contributed by atoms with Gasteiger partial charge in [-0.3, -0.25) is 10.7 Å². The number of hydrogen-bond donors (Lipinski definition) is 2. The Kier molecular flexibility index (Phi) is 2.82. The lowest BCUT2D eigenvalue weighted by Gasteiger charge is -2.02. The van der Waals surface area contributed by atoms with Gasteiger partial charge in [0.2, 0.25) is 0 Å². The Bertz CT molecular complexity index is 274. The average molecular weight is 164 g/mol. The van der Waals surface area contributed by atoms with Gasteiger partial charge in [-0.05, 0) is 25.0 Å². The van der Waals surface area contributed by atoms with Crippen molar-refractivity contribution in [3.8, 4) is 0 Å². The Morgan fingerprint density at radius 2 is 1.92 bits per heavy atom. The van der Waals surface area contributed by atoms with Crippen LogP contribution in [0.25, 0.3) is 0 Å². The van der Waals surface area contributed by atoms with Crippen molar-refractivity contribution in [2.24, 2.45) is 4.99 Å². The molecule has 0 radical (unpaired) electrons. The Morgan fingerprint density at radius 3 is 2.42 bits per heavy atom. The molecule has 0 atom stereocenters. The molecule has 0 fully saturated rings. The predicted octanol–water partition coefficient (Wildman–Crippen LogP) is 1.94. The topological polar surface area (TPSA) is 44.6 Å². The summed E-state index contributed by atoms with van der Waals surface area (Å²) in [6.07, 6.45) is 1.26. The van der Waals surface area contributed by atoms with Gasteiger partial charge in [-0.25, -0.2) is 4.99 Å². The van der Waals surface area contributed by atoms with Crippen LogP contribution in [0.5, 0.6) is 0 Å². The highest BCUT2D eigenvalue weighted by molar-refractivity contribution is 5.63. The van der Waals surface area contributed by atoms with E-state index in [-0.39, 0.29) is 0 Å². The number of nitrogens with one attached hydrogen (secondary N) is 1. The number of aryl methyl sites for hydroxylation is 2. The zero-order chi connectivity index (χ0) is 8.97. The second-order valence-corrected chi connectivity index (χ2v) is 2.63. The average Bonchev–Trinajstić information content (AvgIpc) is 2.04. The molecule has 0 saturated heterocycles. The van der Waals surface area contributed by atoms with Gasteiger partial charge in [0.1, 0.15) is 6.34 Å². The van der Waals surface area contributed by atoms with E-state index < -0.39 is 0 Å². The molecule has 0 unspecified atom stereocenters. The maximum Gasteiger partial charge on any atom is 0.113 e. The first kappa shape index (κ1) is 8.74. The first-order valence-electron chi connectivity index (χ1n) is 3.74. The molecule has 0 aliphatic heterocycles. The van der Waals surface area contributed by atoms with Crippen molar-refractivity contribution in [2.75, 3.05) is 0 Å². The van der Waals surface area contributed by atoms with Crippen LogP contribution in [0.15, 0.2) is 23.2 Å². The predicted molar refractivity (Wildman–Crippen MR) is 49.0 cm³/mol. The van der Waals surface area contributed by atoms with E-state index >= 15 is 0 Å². The third-order valence-corrected chi connectivity index (χ3v) is 1.69. The monoisotopic (exact) mass is 164 g/mol. The Balaban J connectivity index is 3.04. The summed E-state index contributed by atoms with van der Waals surface area (Å²) in [7, 11) is 0. The molecule has 0 saturated carbocycles. The van der Waals surface area contributed by atoms with Crippen molar-refractivity contribution in [1.29, 1.82) is 0 Å². The summed E-state index contributed by atoms with van der Waals surface area (Å²) in [6, 6.07) is 5.95. The van der Waals surface area contributed by atoms with Gasteiger partial charge in [0.05, 0.1) is 5.69 Å². The van der Waals surface area contributed by atoms with Crippen LogP contribution < -0.4 is 5.48 Å². The fraction of sp³-hybridized carbons (Fsp3) is 0.222. The van der Waals surface area contributed by atoms with Crippen LogP contribution in [0.3, 0.4) is 0 Å². The van der Waals surface area contributed by atoms with Gasteiger partial charge in [-0.2, -0.15) is 0 Å². The minimum absolute atomic E-state index is 0.902. The van der Waals surface area contributed by atoms with Crippen LogP contribution in [0.2, 0.25) is 0 Å². The van der Waals surface area contributed by atoms with Crippen LogP contribution in [0.1, 0.15) is 11.1 Å². The van der Waals surface area contributed by atoms with Crippen LogP contribution in [0.4, 0.5) is 5.69 Å². The normalized spacial score (nSPS) is 10.6. The van der Waals surface area contributed by atoms with Gasteiger partial charge >= 0.3 is 0 Å².